The summed E-state index contributed by atoms with van der Waals surface area (Å²) in [5.41, 5.74) is 5.24. The third-order valence-electron chi connectivity index (χ3n) is 6.14. The molecule has 0 saturated carbocycles. The van der Waals surface area contributed by atoms with E-state index < -0.39 is 0 Å². The number of benzene rings is 1. The number of hydrogen-bond acceptors (Lipinski definition) is 4. The number of tetrazole rings is 1. The molecule has 2 heterocycles. The zero-order valence-corrected chi connectivity index (χ0v) is 19.8. The Hall–Kier alpha value is -2.50. The molecule has 3 aromatic rings. The van der Waals surface area contributed by atoms with Crippen molar-refractivity contribution in [3.05, 3.63) is 41.2 Å². The molecule has 0 aliphatic carbocycles. The van der Waals surface area contributed by atoms with E-state index in [4.69, 9.17) is 0 Å². The van der Waals surface area contributed by atoms with Crippen LogP contribution >= 0.6 is 0 Å². The molecule has 3 rings (SSSR count). The third-order valence-corrected chi connectivity index (χ3v) is 6.14. The summed E-state index contributed by atoms with van der Waals surface area (Å²) in [4.78, 5) is 1.62. The maximum atomic E-state index is 4.69. The molecule has 0 N–H and O–H groups in total. The summed E-state index contributed by atoms with van der Waals surface area (Å²) in [7, 11) is 1.94. The minimum Gasteiger partial charge on any atom is -0.270 e. The molecule has 0 aliphatic heterocycles. The molecule has 1 aromatic carbocycles. The van der Waals surface area contributed by atoms with Gasteiger partial charge >= 0.3 is 0 Å². The van der Waals surface area contributed by atoms with Crippen molar-refractivity contribution in [1.29, 1.82) is 0 Å². The van der Waals surface area contributed by atoms with Gasteiger partial charge in [-0.2, -0.15) is 5.10 Å². The van der Waals surface area contributed by atoms with E-state index in [1.165, 1.54) is 69.8 Å². The molecule has 0 spiro atoms. The number of unbranched alkanes of at least 4 members (excludes halogenated alkanes) is 9. The highest BCUT2D eigenvalue weighted by Crippen LogP contribution is 2.23. The van der Waals surface area contributed by atoms with Gasteiger partial charge in [0, 0.05) is 12.6 Å². The molecule has 0 fully saturated rings. The van der Waals surface area contributed by atoms with E-state index in [2.05, 4.69) is 51.7 Å². The molecule has 168 valence electrons. The van der Waals surface area contributed by atoms with Crippen LogP contribution in [0.2, 0.25) is 0 Å². The quantitative estimate of drug-likeness (QED) is 0.310. The first-order valence-electron chi connectivity index (χ1n) is 12.0. The molecule has 0 saturated heterocycles. The average Bonchev–Trinajstić information content (AvgIpc) is 3.33. The SMILES string of the molecule is CCCCCCCCCCCCc1ccccc1-c1nnn(-c2c(C)nn(C)c2C)n1. The van der Waals surface area contributed by atoms with Crippen LogP contribution in [0.25, 0.3) is 17.1 Å². The third kappa shape index (κ3) is 6.25. The fraction of sp³-hybridized carbons (Fsp3) is 0.600. The number of nitrogens with zero attached hydrogens (tertiary/aromatic N) is 6. The summed E-state index contributed by atoms with van der Waals surface area (Å²) in [5.74, 6) is 0.685. The molecule has 0 amide bonds. The first-order chi connectivity index (χ1) is 15.1. The van der Waals surface area contributed by atoms with Crippen LogP contribution in [-0.4, -0.2) is 30.0 Å². The maximum Gasteiger partial charge on any atom is 0.205 e. The average molecular weight is 423 g/mol. The van der Waals surface area contributed by atoms with Crippen LogP contribution in [0, 0.1) is 13.8 Å². The largest absolute Gasteiger partial charge is 0.270 e. The second-order valence-electron chi connectivity index (χ2n) is 8.63. The highest BCUT2D eigenvalue weighted by Gasteiger charge is 2.16. The minimum absolute atomic E-state index is 0.685. The summed E-state index contributed by atoms with van der Waals surface area (Å²) >= 11 is 0. The highest BCUT2D eigenvalue weighted by atomic mass is 15.6. The smallest absolute Gasteiger partial charge is 0.205 e. The van der Waals surface area contributed by atoms with Gasteiger partial charge in [-0.25, -0.2) is 0 Å². The Kier molecular flexibility index (Phi) is 8.80. The normalized spacial score (nSPS) is 11.4. The van der Waals surface area contributed by atoms with Gasteiger partial charge in [-0.3, -0.25) is 4.68 Å². The van der Waals surface area contributed by atoms with E-state index in [0.29, 0.717) is 5.82 Å². The van der Waals surface area contributed by atoms with Crippen molar-refractivity contribution < 1.29 is 0 Å². The van der Waals surface area contributed by atoms with Crippen molar-refractivity contribution in [2.75, 3.05) is 0 Å². The molecule has 31 heavy (non-hydrogen) atoms. The van der Waals surface area contributed by atoms with Crippen LogP contribution < -0.4 is 0 Å². The van der Waals surface area contributed by atoms with Crippen LogP contribution in [0.1, 0.15) is 88.1 Å². The Labute approximate surface area is 187 Å². The van der Waals surface area contributed by atoms with E-state index in [1.54, 1.807) is 4.80 Å². The van der Waals surface area contributed by atoms with Gasteiger partial charge in [0.2, 0.25) is 5.82 Å². The Morgan fingerprint density at radius 2 is 1.45 bits per heavy atom. The van der Waals surface area contributed by atoms with Crippen molar-refractivity contribution in [2.24, 2.45) is 7.05 Å². The van der Waals surface area contributed by atoms with Crippen LogP contribution in [0.3, 0.4) is 0 Å². The Balaban J connectivity index is 1.53. The van der Waals surface area contributed by atoms with E-state index in [1.807, 2.05) is 25.6 Å². The fourth-order valence-electron chi connectivity index (χ4n) is 4.23. The van der Waals surface area contributed by atoms with E-state index >= 15 is 0 Å². The van der Waals surface area contributed by atoms with Crippen molar-refractivity contribution in [3.63, 3.8) is 0 Å². The van der Waals surface area contributed by atoms with Crippen molar-refractivity contribution in [2.45, 2.75) is 91.4 Å². The van der Waals surface area contributed by atoms with Crippen LogP contribution in [-0.2, 0) is 13.5 Å². The Morgan fingerprint density at radius 3 is 2.10 bits per heavy atom. The molecule has 0 unspecified atom stereocenters. The van der Waals surface area contributed by atoms with Gasteiger partial charge in [0.25, 0.3) is 0 Å². The minimum atomic E-state index is 0.685. The van der Waals surface area contributed by atoms with E-state index in [-0.39, 0.29) is 0 Å². The van der Waals surface area contributed by atoms with Gasteiger partial charge in [-0.1, -0.05) is 89.0 Å². The van der Waals surface area contributed by atoms with Gasteiger partial charge < -0.3 is 0 Å². The second-order valence-corrected chi connectivity index (χ2v) is 8.63. The van der Waals surface area contributed by atoms with Gasteiger partial charge in [0.05, 0.1) is 11.4 Å². The number of hydrogen-bond donors (Lipinski definition) is 0. The van der Waals surface area contributed by atoms with Gasteiger partial charge in [-0.05, 0) is 37.5 Å². The highest BCUT2D eigenvalue weighted by molar-refractivity contribution is 5.59. The number of aromatic nitrogens is 6. The van der Waals surface area contributed by atoms with Crippen LogP contribution in [0.5, 0.6) is 0 Å². The predicted molar refractivity (Wildman–Crippen MR) is 126 cm³/mol. The second kappa shape index (κ2) is 11.8. The molecular weight excluding hydrogens is 384 g/mol. The van der Waals surface area contributed by atoms with Gasteiger partial charge in [-0.15, -0.1) is 15.0 Å². The lowest BCUT2D eigenvalue weighted by Crippen LogP contribution is -2.03. The lowest BCUT2D eigenvalue weighted by atomic mass is 10.00. The first-order valence-corrected chi connectivity index (χ1v) is 12.0. The predicted octanol–water partition coefficient (Wildman–Crippen LogP) is 6.14. The summed E-state index contributed by atoms with van der Waals surface area (Å²) in [5, 5.41) is 17.8. The van der Waals surface area contributed by atoms with E-state index in [0.717, 1.165) is 29.1 Å². The fourth-order valence-corrected chi connectivity index (χ4v) is 4.23. The molecular formula is C25H38N6. The molecule has 0 aliphatic rings. The van der Waals surface area contributed by atoms with Crippen molar-refractivity contribution in [1.82, 2.24) is 30.0 Å². The summed E-state index contributed by atoms with van der Waals surface area (Å²) < 4.78 is 1.85. The zero-order valence-electron chi connectivity index (χ0n) is 19.8. The maximum absolute atomic E-state index is 4.69. The molecule has 0 bridgehead atoms. The standard InChI is InChI=1S/C25H38N6/c1-5-6-7-8-9-10-11-12-13-14-17-22-18-15-16-19-23(22)25-26-29-31(28-25)24-20(2)27-30(4)21(24)3/h15-16,18-19H,5-14,17H2,1-4H3. The van der Waals surface area contributed by atoms with Gasteiger partial charge in [0.1, 0.15) is 5.69 Å². The molecule has 2 aromatic heterocycles. The Bertz CT molecular complexity index is 939. The molecule has 0 atom stereocenters. The van der Waals surface area contributed by atoms with E-state index in [9.17, 15) is 0 Å². The van der Waals surface area contributed by atoms with Crippen LogP contribution in [0.4, 0.5) is 0 Å². The summed E-state index contributed by atoms with van der Waals surface area (Å²) in [6.07, 6.45) is 14.6. The summed E-state index contributed by atoms with van der Waals surface area (Å²) in [6.45, 7) is 6.28. The lowest BCUT2D eigenvalue weighted by Gasteiger charge is -2.07. The topological polar surface area (TPSA) is 61.4 Å². The van der Waals surface area contributed by atoms with Crippen molar-refractivity contribution in [3.8, 4) is 17.1 Å². The van der Waals surface area contributed by atoms with Crippen molar-refractivity contribution >= 4 is 0 Å². The molecule has 6 heteroatoms. The Morgan fingerprint density at radius 1 is 0.806 bits per heavy atom. The zero-order chi connectivity index (χ0) is 22.1. The lowest BCUT2D eigenvalue weighted by molar-refractivity contribution is 0.556. The van der Waals surface area contributed by atoms with Crippen LogP contribution in [0.15, 0.2) is 24.3 Å². The molecule has 0 radical (unpaired) electrons. The monoisotopic (exact) mass is 422 g/mol. The first kappa shape index (κ1) is 23.2. The molecule has 6 nitrogen and oxygen atoms in total. The van der Waals surface area contributed by atoms with Gasteiger partial charge in [0.15, 0.2) is 0 Å². The number of rotatable bonds is 13. The summed E-state index contributed by atoms with van der Waals surface area (Å²) in [6, 6.07) is 8.47. The number of aryl methyl sites for hydroxylation is 3.